The highest BCUT2D eigenvalue weighted by Crippen LogP contribution is 2.11. The van der Waals surface area contributed by atoms with Crippen LogP contribution in [0.15, 0.2) is 36.9 Å². The van der Waals surface area contributed by atoms with E-state index >= 15 is 0 Å². The van der Waals surface area contributed by atoms with Gasteiger partial charge in [0.15, 0.2) is 0 Å². The van der Waals surface area contributed by atoms with Crippen molar-refractivity contribution in [3.05, 3.63) is 42.5 Å². The number of quaternary nitrogens is 1. The van der Waals surface area contributed by atoms with E-state index in [1.54, 1.807) is 0 Å². The molecule has 0 bridgehead atoms. The lowest BCUT2D eigenvalue weighted by Crippen LogP contribution is -2.83. The third-order valence-electron chi connectivity index (χ3n) is 2.43. The second-order valence-corrected chi connectivity index (χ2v) is 3.97. The maximum absolute atomic E-state index is 5.63. The van der Waals surface area contributed by atoms with Gasteiger partial charge in [-0.1, -0.05) is 24.3 Å². The molecule has 0 fully saturated rings. The summed E-state index contributed by atoms with van der Waals surface area (Å²) < 4.78 is 5.63. The van der Waals surface area contributed by atoms with Crippen LogP contribution in [-0.4, -0.2) is 19.7 Å². The van der Waals surface area contributed by atoms with Gasteiger partial charge in [-0.3, -0.25) is 0 Å². The lowest BCUT2D eigenvalue weighted by molar-refractivity contribution is -0.646. The van der Waals surface area contributed by atoms with Crippen LogP contribution in [0.25, 0.3) is 0 Å². The van der Waals surface area contributed by atoms with Gasteiger partial charge in [0, 0.05) is 0 Å². The Kier molecular flexibility index (Phi) is 6.35. The van der Waals surface area contributed by atoms with Crippen molar-refractivity contribution in [1.82, 2.24) is 0 Å². The second kappa shape index (κ2) is 7.94. The van der Waals surface area contributed by atoms with Crippen LogP contribution in [0.1, 0.15) is 18.4 Å². The second-order valence-electron chi connectivity index (χ2n) is 3.97. The molecule has 0 aromatic heterocycles. The quantitative estimate of drug-likeness (QED) is 0.525. The molecule has 0 aliphatic carbocycles. The number of nitrogens with two attached hydrogens (primary N) is 1. The van der Waals surface area contributed by atoms with E-state index in [-0.39, 0.29) is 0 Å². The summed E-state index contributed by atoms with van der Waals surface area (Å²) in [4.78, 5) is 0. The van der Waals surface area contributed by atoms with Crippen molar-refractivity contribution >= 4 is 0 Å². The summed E-state index contributed by atoms with van der Waals surface area (Å²) in [7, 11) is 0. The predicted octanol–water partition coefficient (Wildman–Crippen LogP) is 1.90. The Morgan fingerprint density at radius 2 is 2.00 bits per heavy atom. The Balaban J connectivity index is 2.02. The Morgan fingerprint density at radius 1 is 1.25 bits per heavy atom. The molecule has 16 heavy (non-hydrogen) atoms. The number of hydrogen-bond acceptors (Lipinski definition) is 1. The zero-order chi connectivity index (χ0) is 11.6. The number of benzene rings is 1. The summed E-state index contributed by atoms with van der Waals surface area (Å²) >= 11 is 0. The highest BCUT2D eigenvalue weighted by molar-refractivity contribution is 5.26. The van der Waals surface area contributed by atoms with E-state index in [0.29, 0.717) is 0 Å². The van der Waals surface area contributed by atoms with Crippen LogP contribution in [0.5, 0.6) is 5.75 Å². The van der Waals surface area contributed by atoms with Gasteiger partial charge in [-0.2, -0.15) is 0 Å². The van der Waals surface area contributed by atoms with Gasteiger partial charge in [0.2, 0.25) is 0 Å². The summed E-state index contributed by atoms with van der Waals surface area (Å²) in [5.41, 5.74) is 1.27. The minimum atomic E-state index is 0.811. The monoisotopic (exact) mass is 220 g/mol. The molecule has 0 aliphatic rings. The van der Waals surface area contributed by atoms with Gasteiger partial charge in [0.25, 0.3) is 0 Å². The third kappa shape index (κ3) is 5.56. The first-order valence-corrected chi connectivity index (χ1v) is 5.95. The smallest absolute Gasteiger partial charge is 0.119 e. The molecule has 0 radical (unpaired) electrons. The van der Waals surface area contributed by atoms with Gasteiger partial charge in [0.1, 0.15) is 5.75 Å². The summed E-state index contributed by atoms with van der Waals surface area (Å²) in [6.07, 6.45) is 4.24. The number of hydrogen-bond donors (Lipinski definition) is 1. The first-order valence-electron chi connectivity index (χ1n) is 5.95. The molecule has 1 aromatic rings. The minimum Gasteiger partial charge on any atom is -0.494 e. The lowest BCUT2D eigenvalue weighted by atomic mass is 10.2. The molecular weight excluding hydrogens is 198 g/mol. The maximum Gasteiger partial charge on any atom is 0.119 e. The first kappa shape index (κ1) is 12.8. The van der Waals surface area contributed by atoms with Crippen LogP contribution in [0.4, 0.5) is 0 Å². The molecule has 2 heteroatoms. The summed E-state index contributed by atoms with van der Waals surface area (Å²) in [5, 5.41) is 2.26. The number of unbranched alkanes of at least 4 members (excludes halogenated alkanes) is 1. The molecule has 2 N–H and O–H groups in total. The molecule has 0 unspecified atom stereocenters. The highest BCUT2D eigenvalue weighted by Gasteiger charge is 1.94. The van der Waals surface area contributed by atoms with Crippen molar-refractivity contribution in [2.75, 3.05) is 19.7 Å². The fraction of sp³-hybridized carbons (Fsp3) is 0.429. The summed E-state index contributed by atoms with van der Waals surface area (Å²) in [6, 6.07) is 8.21. The standard InChI is InChI=1S/C14H21NO/c1-3-10-15-11-4-5-12-16-14-8-6-13(2)7-9-14/h3,6-9,15H,1,4-5,10-12H2,2H3/p+1. The van der Waals surface area contributed by atoms with Crippen molar-refractivity contribution in [3.63, 3.8) is 0 Å². The molecule has 0 heterocycles. The Morgan fingerprint density at radius 3 is 2.69 bits per heavy atom. The number of aryl methyl sites for hydroxylation is 1. The van der Waals surface area contributed by atoms with Gasteiger partial charge in [-0.15, -0.1) is 0 Å². The molecule has 0 saturated carbocycles. The number of ether oxygens (including phenoxy) is 1. The maximum atomic E-state index is 5.63. The topological polar surface area (TPSA) is 25.8 Å². The van der Waals surface area contributed by atoms with E-state index in [2.05, 4.69) is 31.0 Å². The van der Waals surface area contributed by atoms with E-state index in [9.17, 15) is 0 Å². The zero-order valence-electron chi connectivity index (χ0n) is 10.1. The average molecular weight is 220 g/mol. The third-order valence-corrected chi connectivity index (χ3v) is 2.43. The van der Waals surface area contributed by atoms with Gasteiger partial charge in [-0.25, -0.2) is 0 Å². The number of rotatable bonds is 8. The molecule has 88 valence electrons. The van der Waals surface area contributed by atoms with Crippen molar-refractivity contribution in [2.24, 2.45) is 0 Å². The molecule has 1 rings (SSSR count). The predicted molar refractivity (Wildman–Crippen MR) is 67.8 cm³/mol. The minimum absolute atomic E-state index is 0.811. The average Bonchev–Trinajstić information content (AvgIpc) is 2.30. The Labute approximate surface area is 98.3 Å². The fourth-order valence-electron chi connectivity index (χ4n) is 1.45. The van der Waals surface area contributed by atoms with Crippen molar-refractivity contribution in [2.45, 2.75) is 19.8 Å². The molecule has 0 aliphatic heterocycles. The highest BCUT2D eigenvalue weighted by atomic mass is 16.5. The van der Waals surface area contributed by atoms with Crippen molar-refractivity contribution in [1.29, 1.82) is 0 Å². The van der Waals surface area contributed by atoms with E-state index in [0.717, 1.165) is 31.9 Å². The van der Waals surface area contributed by atoms with E-state index in [1.807, 2.05) is 18.2 Å². The molecule has 0 saturated heterocycles. The normalized spacial score (nSPS) is 10.1. The van der Waals surface area contributed by atoms with Gasteiger partial charge in [0.05, 0.1) is 19.7 Å². The first-order chi connectivity index (χ1) is 7.83. The molecule has 0 atom stereocenters. The van der Waals surface area contributed by atoms with Crippen molar-refractivity contribution < 1.29 is 10.1 Å². The van der Waals surface area contributed by atoms with Gasteiger partial charge in [-0.05, 0) is 38.0 Å². The van der Waals surface area contributed by atoms with Gasteiger partial charge >= 0.3 is 0 Å². The van der Waals surface area contributed by atoms with Crippen LogP contribution in [0.3, 0.4) is 0 Å². The lowest BCUT2D eigenvalue weighted by Gasteiger charge is -2.05. The largest absolute Gasteiger partial charge is 0.494 e. The molecule has 1 aromatic carbocycles. The summed E-state index contributed by atoms with van der Waals surface area (Å²) in [5.74, 6) is 0.973. The molecular formula is C14H22NO+. The molecule has 0 spiro atoms. The Bertz CT molecular complexity index is 292. The van der Waals surface area contributed by atoms with Crippen LogP contribution in [-0.2, 0) is 0 Å². The van der Waals surface area contributed by atoms with E-state index < -0.39 is 0 Å². The van der Waals surface area contributed by atoms with Crippen LogP contribution < -0.4 is 10.1 Å². The van der Waals surface area contributed by atoms with E-state index in [1.165, 1.54) is 12.0 Å². The van der Waals surface area contributed by atoms with E-state index in [4.69, 9.17) is 4.74 Å². The summed E-state index contributed by atoms with van der Waals surface area (Å²) in [6.45, 7) is 8.75. The van der Waals surface area contributed by atoms with Crippen LogP contribution in [0.2, 0.25) is 0 Å². The van der Waals surface area contributed by atoms with Gasteiger partial charge < -0.3 is 10.1 Å². The molecule has 2 nitrogen and oxygen atoms in total. The van der Waals surface area contributed by atoms with Crippen LogP contribution >= 0.6 is 0 Å². The van der Waals surface area contributed by atoms with Crippen LogP contribution in [0, 0.1) is 6.92 Å². The fourth-order valence-corrected chi connectivity index (χ4v) is 1.45. The Hall–Kier alpha value is -1.28. The zero-order valence-corrected chi connectivity index (χ0v) is 10.1. The molecule has 0 amide bonds. The SMILES string of the molecule is C=CC[NH2+]CCCCOc1ccc(C)cc1. The van der Waals surface area contributed by atoms with Crippen molar-refractivity contribution in [3.8, 4) is 5.75 Å².